The van der Waals surface area contributed by atoms with Crippen LogP contribution in [0.25, 0.3) is 0 Å². The molecule has 1 aromatic carbocycles. The maximum absolute atomic E-state index is 13.2. The van der Waals surface area contributed by atoms with Crippen molar-refractivity contribution >= 4 is 5.91 Å². The van der Waals surface area contributed by atoms with Crippen LogP contribution >= 0.6 is 0 Å². The molecule has 4 nitrogen and oxygen atoms in total. The highest BCUT2D eigenvalue weighted by Crippen LogP contribution is 2.50. The van der Waals surface area contributed by atoms with Crippen LogP contribution < -0.4 is 0 Å². The van der Waals surface area contributed by atoms with Crippen molar-refractivity contribution in [3.63, 3.8) is 0 Å². The van der Waals surface area contributed by atoms with E-state index in [1.54, 1.807) is 7.11 Å². The first-order chi connectivity index (χ1) is 11.5. The second-order valence-electron chi connectivity index (χ2n) is 7.60. The van der Waals surface area contributed by atoms with E-state index < -0.39 is 0 Å². The minimum Gasteiger partial charge on any atom is -0.385 e. The maximum Gasteiger partial charge on any atom is 0.233 e. The van der Waals surface area contributed by atoms with Crippen LogP contribution in [0.1, 0.15) is 37.7 Å². The van der Waals surface area contributed by atoms with Gasteiger partial charge in [0, 0.05) is 32.3 Å². The number of rotatable bonds is 6. The fourth-order valence-corrected chi connectivity index (χ4v) is 4.15. The Hall–Kier alpha value is -1.39. The van der Waals surface area contributed by atoms with Gasteiger partial charge < -0.3 is 14.5 Å². The van der Waals surface area contributed by atoms with Gasteiger partial charge in [0.25, 0.3) is 0 Å². The molecule has 4 heteroatoms. The van der Waals surface area contributed by atoms with Crippen LogP contribution in [0.15, 0.2) is 30.3 Å². The quantitative estimate of drug-likeness (QED) is 0.804. The van der Waals surface area contributed by atoms with Gasteiger partial charge in [-0.15, -0.1) is 0 Å². The van der Waals surface area contributed by atoms with Crippen molar-refractivity contribution in [2.45, 2.75) is 43.1 Å². The molecule has 0 bridgehead atoms. The Morgan fingerprint density at radius 2 is 1.75 bits per heavy atom. The lowest BCUT2D eigenvalue weighted by Crippen LogP contribution is -2.55. The van der Waals surface area contributed by atoms with E-state index in [4.69, 9.17) is 4.74 Å². The number of nitrogens with zero attached hydrogens (tertiary/aromatic N) is 2. The van der Waals surface area contributed by atoms with Crippen LogP contribution in [0, 0.1) is 0 Å². The molecule has 2 aliphatic rings. The normalized spacial score (nSPS) is 21.8. The van der Waals surface area contributed by atoms with E-state index in [9.17, 15) is 4.79 Å². The summed E-state index contributed by atoms with van der Waals surface area (Å²) in [5, 5.41) is 0. The van der Waals surface area contributed by atoms with Crippen molar-refractivity contribution in [2.75, 3.05) is 40.9 Å². The lowest BCUT2D eigenvalue weighted by Gasteiger charge is -2.47. The summed E-state index contributed by atoms with van der Waals surface area (Å²) in [7, 11) is 6.07. The number of methoxy groups -OCH3 is 1. The molecular formula is C20H30N2O2. The lowest BCUT2D eigenvalue weighted by molar-refractivity contribution is -0.136. The predicted molar refractivity (Wildman–Crippen MR) is 96.1 cm³/mol. The molecule has 1 aliphatic heterocycles. The SMILES string of the molecule is COCCC1(N(C)C)CCN(C(=O)C2(c3ccccc3)CC2)CC1. The number of likely N-dealkylation sites (tertiary alicyclic amines) is 1. The molecule has 1 aromatic rings. The van der Waals surface area contributed by atoms with Gasteiger partial charge in [-0.05, 0) is 51.8 Å². The van der Waals surface area contributed by atoms with Crippen LogP contribution in [0.2, 0.25) is 0 Å². The molecule has 0 spiro atoms. The van der Waals surface area contributed by atoms with Crippen molar-refractivity contribution < 1.29 is 9.53 Å². The van der Waals surface area contributed by atoms with Crippen LogP contribution in [0.4, 0.5) is 0 Å². The highest BCUT2D eigenvalue weighted by atomic mass is 16.5. The highest BCUT2D eigenvalue weighted by Gasteiger charge is 2.53. The third-order valence-electron chi connectivity index (χ3n) is 6.19. The van der Waals surface area contributed by atoms with Gasteiger partial charge in [-0.2, -0.15) is 0 Å². The van der Waals surface area contributed by atoms with Crippen LogP contribution in [-0.4, -0.2) is 62.1 Å². The maximum atomic E-state index is 13.2. The smallest absolute Gasteiger partial charge is 0.233 e. The molecule has 0 aromatic heterocycles. The molecule has 24 heavy (non-hydrogen) atoms. The summed E-state index contributed by atoms with van der Waals surface area (Å²) >= 11 is 0. The first-order valence-electron chi connectivity index (χ1n) is 9.05. The Bertz CT molecular complexity index is 558. The molecule has 0 radical (unpaired) electrons. The van der Waals surface area contributed by atoms with Gasteiger partial charge in [-0.1, -0.05) is 30.3 Å². The monoisotopic (exact) mass is 330 g/mol. The molecule has 1 heterocycles. The number of amides is 1. The number of piperidine rings is 1. The summed E-state index contributed by atoms with van der Waals surface area (Å²) in [4.78, 5) is 17.6. The highest BCUT2D eigenvalue weighted by molar-refractivity contribution is 5.91. The summed E-state index contributed by atoms with van der Waals surface area (Å²) in [5.41, 5.74) is 1.13. The minimum atomic E-state index is -0.230. The van der Waals surface area contributed by atoms with Crippen molar-refractivity contribution in [3.8, 4) is 0 Å². The Morgan fingerprint density at radius 1 is 1.12 bits per heavy atom. The van der Waals surface area contributed by atoms with Gasteiger partial charge in [0.2, 0.25) is 5.91 Å². The zero-order valence-corrected chi connectivity index (χ0v) is 15.3. The summed E-state index contributed by atoms with van der Waals surface area (Å²) in [6, 6.07) is 10.3. The van der Waals surface area contributed by atoms with E-state index in [1.807, 2.05) is 18.2 Å². The Balaban J connectivity index is 1.67. The predicted octanol–water partition coefficient (Wildman–Crippen LogP) is 2.68. The molecule has 1 aliphatic carbocycles. The number of hydrogen-bond acceptors (Lipinski definition) is 3. The zero-order valence-electron chi connectivity index (χ0n) is 15.3. The molecule has 0 unspecified atom stereocenters. The minimum absolute atomic E-state index is 0.163. The lowest BCUT2D eigenvalue weighted by atomic mass is 9.82. The average Bonchev–Trinajstić information content (AvgIpc) is 3.42. The number of carbonyl (C=O) groups excluding carboxylic acids is 1. The molecule has 0 N–H and O–H groups in total. The summed E-state index contributed by atoms with van der Waals surface area (Å²) in [6.07, 6.45) is 5.08. The van der Waals surface area contributed by atoms with Crippen LogP contribution in [0.3, 0.4) is 0 Å². The Kier molecular flexibility index (Phi) is 4.97. The molecular weight excluding hydrogens is 300 g/mol. The van der Waals surface area contributed by atoms with Crippen molar-refractivity contribution in [2.24, 2.45) is 0 Å². The second-order valence-corrected chi connectivity index (χ2v) is 7.60. The Morgan fingerprint density at radius 3 is 2.25 bits per heavy atom. The zero-order chi connectivity index (χ0) is 17.2. The van der Waals surface area contributed by atoms with E-state index in [0.29, 0.717) is 5.91 Å². The standard InChI is InChI=1S/C20H30N2O2/c1-21(2)19(13-16-24-3)11-14-22(15-12-19)18(23)20(9-10-20)17-7-5-4-6-8-17/h4-8H,9-16H2,1-3H3. The Labute approximate surface area is 145 Å². The van der Waals surface area contributed by atoms with Crippen molar-refractivity contribution in [1.29, 1.82) is 0 Å². The van der Waals surface area contributed by atoms with Gasteiger partial charge in [-0.25, -0.2) is 0 Å². The third-order valence-corrected chi connectivity index (χ3v) is 6.19. The van der Waals surface area contributed by atoms with E-state index in [1.165, 1.54) is 5.56 Å². The molecule has 1 amide bonds. The molecule has 1 saturated heterocycles. The number of ether oxygens (including phenoxy) is 1. The topological polar surface area (TPSA) is 32.8 Å². The average molecular weight is 330 g/mol. The van der Waals surface area contributed by atoms with Gasteiger partial charge in [-0.3, -0.25) is 4.79 Å². The number of carbonyl (C=O) groups is 1. The van der Waals surface area contributed by atoms with Crippen molar-refractivity contribution in [1.82, 2.24) is 9.80 Å². The fourth-order valence-electron chi connectivity index (χ4n) is 4.15. The van der Waals surface area contributed by atoms with Gasteiger partial charge in [0.05, 0.1) is 5.41 Å². The molecule has 132 valence electrons. The summed E-state index contributed by atoms with van der Waals surface area (Å²) in [5.74, 6) is 0.341. The molecule has 0 atom stereocenters. The van der Waals surface area contributed by atoms with Gasteiger partial charge >= 0.3 is 0 Å². The van der Waals surface area contributed by atoms with E-state index in [-0.39, 0.29) is 11.0 Å². The van der Waals surface area contributed by atoms with Crippen molar-refractivity contribution in [3.05, 3.63) is 35.9 Å². The van der Waals surface area contributed by atoms with Crippen LogP contribution in [0.5, 0.6) is 0 Å². The van der Waals surface area contributed by atoms with Gasteiger partial charge in [0.15, 0.2) is 0 Å². The second kappa shape index (κ2) is 6.85. The van der Waals surface area contributed by atoms with E-state index >= 15 is 0 Å². The first kappa shape index (κ1) is 17.4. The van der Waals surface area contributed by atoms with E-state index in [0.717, 1.165) is 51.8 Å². The number of hydrogen-bond donors (Lipinski definition) is 0. The van der Waals surface area contributed by atoms with Gasteiger partial charge in [0.1, 0.15) is 0 Å². The molecule has 1 saturated carbocycles. The number of benzene rings is 1. The molecule has 2 fully saturated rings. The summed E-state index contributed by atoms with van der Waals surface area (Å²) < 4.78 is 5.31. The largest absolute Gasteiger partial charge is 0.385 e. The molecule has 3 rings (SSSR count). The fraction of sp³-hybridized carbons (Fsp3) is 0.650. The van der Waals surface area contributed by atoms with Crippen LogP contribution in [-0.2, 0) is 14.9 Å². The third kappa shape index (κ3) is 3.09. The first-order valence-corrected chi connectivity index (χ1v) is 9.05. The summed E-state index contributed by atoms with van der Waals surface area (Å²) in [6.45, 7) is 2.49. The van der Waals surface area contributed by atoms with E-state index in [2.05, 4.69) is 36.0 Å².